The van der Waals surface area contributed by atoms with Gasteiger partial charge in [0.2, 0.25) is 0 Å². The second-order valence-corrected chi connectivity index (χ2v) is 16.9. The van der Waals surface area contributed by atoms with Crippen LogP contribution in [0.1, 0.15) is 22.3 Å². The van der Waals surface area contributed by atoms with Gasteiger partial charge in [-0.2, -0.15) is 0 Å². The van der Waals surface area contributed by atoms with Crippen LogP contribution in [0.4, 0.5) is 0 Å². The SMILES string of the molecule is c1ccc(-c2ccc(-c3nc(-c4ccc(-c5cccc6ccccc56)cc4)nc(-c4ccc5c(c4)-c4ccccc4-c4ccccc4C54c5ccccc5-c5ccccc54)n3)cc2)nc1. The molecule has 0 aliphatic heterocycles. The zero-order valence-electron chi connectivity index (χ0n) is 35.2. The van der Waals surface area contributed by atoms with Crippen molar-refractivity contribution < 1.29 is 0 Å². The second kappa shape index (κ2) is 14.8. The Morgan fingerprint density at radius 3 is 1.32 bits per heavy atom. The lowest BCUT2D eigenvalue weighted by atomic mass is 9.66. The first-order valence-electron chi connectivity index (χ1n) is 22.1. The third kappa shape index (κ3) is 5.77. The number of hydrogen-bond donors (Lipinski definition) is 0. The van der Waals surface area contributed by atoms with Crippen molar-refractivity contribution in [3.05, 3.63) is 253 Å². The Bertz CT molecular complexity index is 3600. The van der Waals surface area contributed by atoms with E-state index in [2.05, 4.69) is 211 Å². The lowest BCUT2D eigenvalue weighted by Gasteiger charge is -2.35. The van der Waals surface area contributed by atoms with Crippen molar-refractivity contribution in [2.24, 2.45) is 0 Å². The van der Waals surface area contributed by atoms with Crippen LogP contribution in [0.25, 0.3) is 101 Å². The first-order chi connectivity index (χ1) is 32.2. The van der Waals surface area contributed by atoms with Gasteiger partial charge < -0.3 is 0 Å². The highest BCUT2D eigenvalue weighted by Crippen LogP contribution is 2.61. The minimum absolute atomic E-state index is 0.562. The van der Waals surface area contributed by atoms with E-state index in [9.17, 15) is 0 Å². The van der Waals surface area contributed by atoms with E-state index in [1.54, 1.807) is 0 Å². The third-order valence-corrected chi connectivity index (χ3v) is 13.5. The smallest absolute Gasteiger partial charge is 0.164 e. The predicted octanol–water partition coefficient (Wildman–Crippen LogP) is 14.8. The molecular weight excluding hydrogens is 789 g/mol. The monoisotopic (exact) mass is 826 g/mol. The molecule has 1 spiro atoms. The zero-order valence-corrected chi connectivity index (χ0v) is 35.2. The van der Waals surface area contributed by atoms with Crippen molar-refractivity contribution in [1.82, 2.24) is 19.9 Å². The predicted molar refractivity (Wildman–Crippen MR) is 264 cm³/mol. The van der Waals surface area contributed by atoms with Crippen LogP contribution in [0, 0.1) is 0 Å². The molecule has 2 aliphatic carbocycles. The lowest BCUT2D eigenvalue weighted by molar-refractivity contribution is 0.775. The van der Waals surface area contributed by atoms with Crippen LogP contribution >= 0.6 is 0 Å². The van der Waals surface area contributed by atoms with Crippen molar-refractivity contribution in [3.8, 4) is 89.9 Å². The Labute approximate surface area is 377 Å². The van der Waals surface area contributed by atoms with Gasteiger partial charge in [-0.3, -0.25) is 4.98 Å². The summed E-state index contributed by atoms with van der Waals surface area (Å²) in [5.41, 5.74) is 18.9. The number of hydrogen-bond acceptors (Lipinski definition) is 4. The molecule has 0 bridgehead atoms. The van der Waals surface area contributed by atoms with Gasteiger partial charge in [0.15, 0.2) is 17.5 Å². The number of aromatic nitrogens is 4. The Kier molecular flexibility index (Phi) is 8.40. The van der Waals surface area contributed by atoms with E-state index in [1.165, 1.54) is 66.4 Å². The van der Waals surface area contributed by atoms with E-state index in [0.717, 1.165) is 39.1 Å². The maximum atomic E-state index is 5.31. The first kappa shape index (κ1) is 37.0. The van der Waals surface area contributed by atoms with Gasteiger partial charge in [-0.25, -0.2) is 15.0 Å². The molecule has 0 radical (unpaired) electrons. The Balaban J connectivity index is 1.02. The highest BCUT2D eigenvalue weighted by atomic mass is 15.0. The molecule has 4 heteroatoms. The number of nitrogens with zero attached hydrogens (tertiary/aromatic N) is 4. The molecule has 0 atom stereocenters. The van der Waals surface area contributed by atoms with Crippen molar-refractivity contribution in [3.63, 3.8) is 0 Å². The number of benzene rings is 9. The van der Waals surface area contributed by atoms with Crippen LogP contribution in [0.2, 0.25) is 0 Å². The summed E-state index contributed by atoms with van der Waals surface area (Å²) in [6, 6.07) is 80.6. The standard InChI is InChI=1S/C61H38N4/c1-2-16-45-39(14-1)15-13-22-46(45)40-27-31-42(32-28-40)58-63-59(43-33-29-41(30-34-43)57-26-11-12-37-62-57)65-60(64-58)44-35-36-56-52(38-44)48-18-4-3-17-47(48)49-19-5-8-23-53(49)61(56)54-24-9-6-20-50(54)51-21-7-10-25-55(51)61/h1-38H. The largest absolute Gasteiger partial charge is 0.256 e. The molecule has 0 amide bonds. The minimum Gasteiger partial charge on any atom is -0.256 e. The normalized spacial score (nSPS) is 12.7. The van der Waals surface area contributed by atoms with Crippen molar-refractivity contribution in [1.29, 1.82) is 0 Å². The molecule has 2 heterocycles. The van der Waals surface area contributed by atoms with Crippen LogP contribution in [0.3, 0.4) is 0 Å². The third-order valence-electron chi connectivity index (χ3n) is 13.5. The van der Waals surface area contributed by atoms with Gasteiger partial charge >= 0.3 is 0 Å². The van der Waals surface area contributed by atoms with Gasteiger partial charge in [0.25, 0.3) is 0 Å². The van der Waals surface area contributed by atoms with Gasteiger partial charge in [-0.05, 0) is 95.7 Å². The van der Waals surface area contributed by atoms with Crippen molar-refractivity contribution in [2.45, 2.75) is 5.41 Å². The van der Waals surface area contributed by atoms with Crippen LogP contribution in [-0.4, -0.2) is 19.9 Å². The van der Waals surface area contributed by atoms with Gasteiger partial charge in [0.1, 0.15) is 0 Å². The fraction of sp³-hybridized carbons (Fsp3) is 0.0164. The quantitative estimate of drug-likeness (QED) is 0.173. The molecule has 4 nitrogen and oxygen atoms in total. The molecule has 2 aliphatic rings. The summed E-state index contributed by atoms with van der Waals surface area (Å²) < 4.78 is 0. The second-order valence-electron chi connectivity index (χ2n) is 16.9. The fourth-order valence-electron chi connectivity index (χ4n) is 10.6. The highest BCUT2D eigenvalue weighted by molar-refractivity contribution is 5.99. The average molecular weight is 827 g/mol. The first-order valence-corrected chi connectivity index (χ1v) is 22.1. The van der Waals surface area contributed by atoms with Crippen LogP contribution in [-0.2, 0) is 5.41 Å². The Hall–Kier alpha value is -8.60. The maximum Gasteiger partial charge on any atom is 0.164 e. The lowest BCUT2D eigenvalue weighted by Crippen LogP contribution is -2.29. The Morgan fingerprint density at radius 2 is 0.708 bits per heavy atom. The fourth-order valence-corrected chi connectivity index (χ4v) is 10.6. The zero-order chi connectivity index (χ0) is 42.9. The van der Waals surface area contributed by atoms with Crippen molar-refractivity contribution in [2.75, 3.05) is 0 Å². The van der Waals surface area contributed by atoms with E-state index in [1.807, 2.05) is 24.4 Å². The van der Waals surface area contributed by atoms with Crippen LogP contribution < -0.4 is 0 Å². The molecule has 302 valence electrons. The van der Waals surface area contributed by atoms with E-state index in [-0.39, 0.29) is 0 Å². The van der Waals surface area contributed by atoms with Gasteiger partial charge in [-0.1, -0.05) is 206 Å². The molecule has 0 saturated heterocycles. The topological polar surface area (TPSA) is 51.6 Å². The summed E-state index contributed by atoms with van der Waals surface area (Å²) in [7, 11) is 0. The summed E-state index contributed by atoms with van der Waals surface area (Å²) in [5, 5.41) is 2.44. The van der Waals surface area contributed by atoms with Gasteiger partial charge in [0.05, 0.1) is 11.1 Å². The summed E-state index contributed by atoms with van der Waals surface area (Å²) in [6.07, 6.45) is 1.82. The molecule has 65 heavy (non-hydrogen) atoms. The van der Waals surface area contributed by atoms with Crippen LogP contribution in [0.15, 0.2) is 231 Å². The number of pyridine rings is 1. The summed E-state index contributed by atoms with van der Waals surface area (Å²) >= 11 is 0. The van der Waals surface area contributed by atoms with Gasteiger partial charge in [-0.15, -0.1) is 0 Å². The van der Waals surface area contributed by atoms with E-state index >= 15 is 0 Å². The summed E-state index contributed by atoms with van der Waals surface area (Å²) in [5.74, 6) is 1.83. The summed E-state index contributed by atoms with van der Waals surface area (Å²) in [4.78, 5) is 20.4. The molecule has 0 unspecified atom stereocenters. The molecule has 13 rings (SSSR count). The van der Waals surface area contributed by atoms with Crippen molar-refractivity contribution >= 4 is 10.8 Å². The minimum atomic E-state index is -0.562. The molecule has 9 aromatic carbocycles. The van der Waals surface area contributed by atoms with E-state index in [0.29, 0.717) is 17.5 Å². The Morgan fingerprint density at radius 1 is 0.277 bits per heavy atom. The molecule has 0 saturated carbocycles. The maximum absolute atomic E-state index is 5.31. The molecular formula is C61H38N4. The van der Waals surface area contributed by atoms with Crippen LogP contribution in [0.5, 0.6) is 0 Å². The highest BCUT2D eigenvalue weighted by Gasteiger charge is 2.49. The number of fused-ring (bicyclic) bond motifs is 13. The summed E-state index contributed by atoms with van der Waals surface area (Å²) in [6.45, 7) is 0. The molecule has 0 fully saturated rings. The molecule has 0 N–H and O–H groups in total. The van der Waals surface area contributed by atoms with Gasteiger partial charge in [0, 0.05) is 28.5 Å². The molecule has 2 aromatic heterocycles. The molecule has 11 aromatic rings. The average Bonchev–Trinajstić information content (AvgIpc) is 3.63. The van der Waals surface area contributed by atoms with E-state index < -0.39 is 5.41 Å². The van der Waals surface area contributed by atoms with E-state index in [4.69, 9.17) is 15.0 Å². The number of rotatable bonds is 5.